The topological polar surface area (TPSA) is 54.5 Å². The van der Waals surface area contributed by atoms with Crippen molar-refractivity contribution in [2.45, 2.75) is 38.3 Å². The number of hydrogen-bond acceptors (Lipinski definition) is 4. The van der Waals surface area contributed by atoms with Crippen LogP contribution in [-0.4, -0.2) is 41.0 Å². The van der Waals surface area contributed by atoms with Crippen LogP contribution < -0.4 is 10.1 Å². The maximum absolute atomic E-state index is 12.2. The Morgan fingerprint density at radius 1 is 1.42 bits per heavy atom. The number of rotatable bonds is 5. The van der Waals surface area contributed by atoms with Crippen LogP contribution >= 0.6 is 0 Å². The first-order chi connectivity index (χ1) is 9.28. The van der Waals surface area contributed by atoms with Gasteiger partial charge in [-0.15, -0.1) is 0 Å². The lowest BCUT2D eigenvalue weighted by atomic mass is 10.2. The number of anilines is 1. The maximum atomic E-state index is 12.2. The van der Waals surface area contributed by atoms with E-state index < -0.39 is 0 Å². The lowest BCUT2D eigenvalue weighted by Gasteiger charge is -2.16. The lowest BCUT2D eigenvalue weighted by molar-refractivity contribution is -0.128. The van der Waals surface area contributed by atoms with Crippen molar-refractivity contribution in [2.24, 2.45) is 0 Å². The van der Waals surface area contributed by atoms with Crippen LogP contribution in [-0.2, 0) is 4.79 Å². The molecule has 0 unspecified atom stereocenters. The highest BCUT2D eigenvalue weighted by Gasteiger charge is 2.40. The molecule has 1 amide bonds. The molecule has 1 aromatic rings. The molecule has 0 bridgehead atoms. The third-order valence-electron chi connectivity index (χ3n) is 3.60. The summed E-state index contributed by atoms with van der Waals surface area (Å²) in [6.07, 6.45) is 4.94. The van der Waals surface area contributed by atoms with Crippen LogP contribution in [0, 0.1) is 0 Å². The largest absolute Gasteiger partial charge is 0.478 e. The minimum Gasteiger partial charge on any atom is -0.478 e. The number of pyridine rings is 1. The minimum absolute atomic E-state index is 0.0969. The molecule has 1 aliphatic heterocycles. The van der Waals surface area contributed by atoms with Crippen LogP contribution in [0.1, 0.15) is 26.2 Å². The molecule has 0 spiro atoms. The van der Waals surface area contributed by atoms with Gasteiger partial charge in [0.2, 0.25) is 11.8 Å². The first-order valence-corrected chi connectivity index (χ1v) is 6.94. The van der Waals surface area contributed by atoms with Gasteiger partial charge in [0.25, 0.3) is 0 Å². The van der Waals surface area contributed by atoms with Gasteiger partial charge in [0.05, 0.1) is 18.5 Å². The highest BCUT2D eigenvalue weighted by molar-refractivity contribution is 5.87. The number of aromatic nitrogens is 1. The van der Waals surface area contributed by atoms with Gasteiger partial charge < -0.3 is 15.0 Å². The van der Waals surface area contributed by atoms with E-state index in [0.717, 1.165) is 18.7 Å². The Kier molecular flexibility index (Phi) is 3.27. The van der Waals surface area contributed by atoms with Gasteiger partial charge >= 0.3 is 0 Å². The average molecular weight is 261 g/mol. The van der Waals surface area contributed by atoms with E-state index in [2.05, 4.69) is 10.3 Å². The predicted molar refractivity (Wildman–Crippen MR) is 72.2 cm³/mol. The standard InChI is InChI=1S/C14H19N3O2/c1-2-19-13-6-3-10(9-15-13)16-12-7-8-17(14(12)18)11-4-5-11/h3,6,9,11-12,16H,2,4-5,7-8H2,1H3/t12-/m1/s1. The summed E-state index contributed by atoms with van der Waals surface area (Å²) in [5, 5.41) is 3.26. The monoisotopic (exact) mass is 261 g/mol. The number of nitrogens with zero attached hydrogens (tertiary/aromatic N) is 2. The van der Waals surface area contributed by atoms with Gasteiger partial charge in [-0.2, -0.15) is 0 Å². The van der Waals surface area contributed by atoms with Crippen LogP contribution in [0.5, 0.6) is 5.88 Å². The van der Waals surface area contributed by atoms with Gasteiger partial charge in [-0.25, -0.2) is 4.98 Å². The third kappa shape index (κ3) is 2.64. The minimum atomic E-state index is -0.0969. The normalized spacial score (nSPS) is 22.7. The molecule has 1 aliphatic carbocycles. The molecule has 0 aromatic carbocycles. The molecule has 19 heavy (non-hydrogen) atoms. The molecule has 2 heterocycles. The third-order valence-corrected chi connectivity index (χ3v) is 3.60. The molecular weight excluding hydrogens is 242 g/mol. The Morgan fingerprint density at radius 2 is 2.26 bits per heavy atom. The molecule has 2 aliphatic rings. The van der Waals surface area contributed by atoms with Crippen LogP contribution in [0.2, 0.25) is 0 Å². The molecule has 1 N–H and O–H groups in total. The molecule has 2 fully saturated rings. The smallest absolute Gasteiger partial charge is 0.245 e. The number of carbonyl (C=O) groups is 1. The average Bonchev–Trinajstić information content (AvgIpc) is 3.19. The summed E-state index contributed by atoms with van der Waals surface area (Å²) in [4.78, 5) is 18.4. The molecule has 1 aromatic heterocycles. The molecule has 0 radical (unpaired) electrons. The zero-order valence-electron chi connectivity index (χ0n) is 11.1. The van der Waals surface area contributed by atoms with Crippen molar-refractivity contribution < 1.29 is 9.53 Å². The van der Waals surface area contributed by atoms with Crippen molar-refractivity contribution in [1.82, 2.24) is 9.88 Å². The van der Waals surface area contributed by atoms with Gasteiger partial charge in [-0.1, -0.05) is 0 Å². The first kappa shape index (κ1) is 12.3. The fraction of sp³-hybridized carbons (Fsp3) is 0.571. The van der Waals surface area contributed by atoms with Gasteiger partial charge in [-0.05, 0) is 32.3 Å². The van der Waals surface area contributed by atoms with Crippen molar-refractivity contribution in [3.05, 3.63) is 18.3 Å². The van der Waals surface area contributed by atoms with Crippen molar-refractivity contribution in [3.8, 4) is 5.88 Å². The number of nitrogens with one attached hydrogen (secondary N) is 1. The Hall–Kier alpha value is -1.78. The van der Waals surface area contributed by atoms with E-state index in [1.54, 1.807) is 6.20 Å². The summed E-state index contributed by atoms with van der Waals surface area (Å²) in [6, 6.07) is 4.15. The van der Waals surface area contributed by atoms with E-state index in [0.29, 0.717) is 18.5 Å². The van der Waals surface area contributed by atoms with Crippen LogP contribution in [0.25, 0.3) is 0 Å². The summed E-state index contributed by atoms with van der Waals surface area (Å²) in [6.45, 7) is 3.42. The summed E-state index contributed by atoms with van der Waals surface area (Å²) in [7, 11) is 0. The van der Waals surface area contributed by atoms with Crippen molar-refractivity contribution in [3.63, 3.8) is 0 Å². The maximum Gasteiger partial charge on any atom is 0.245 e. The van der Waals surface area contributed by atoms with Gasteiger partial charge in [0.1, 0.15) is 6.04 Å². The van der Waals surface area contributed by atoms with E-state index in [9.17, 15) is 4.79 Å². The van der Waals surface area contributed by atoms with E-state index in [4.69, 9.17) is 4.74 Å². The van der Waals surface area contributed by atoms with Gasteiger partial charge in [0, 0.05) is 18.7 Å². The van der Waals surface area contributed by atoms with Crippen molar-refractivity contribution in [1.29, 1.82) is 0 Å². The summed E-state index contributed by atoms with van der Waals surface area (Å²) >= 11 is 0. The Morgan fingerprint density at radius 3 is 2.89 bits per heavy atom. The second kappa shape index (κ2) is 5.07. The van der Waals surface area contributed by atoms with E-state index in [1.165, 1.54) is 12.8 Å². The molecule has 1 saturated carbocycles. The fourth-order valence-electron chi connectivity index (χ4n) is 2.48. The van der Waals surface area contributed by atoms with Crippen LogP contribution in [0.4, 0.5) is 5.69 Å². The zero-order chi connectivity index (χ0) is 13.2. The Balaban J connectivity index is 1.60. The summed E-state index contributed by atoms with van der Waals surface area (Å²) < 4.78 is 5.29. The molecule has 5 nitrogen and oxygen atoms in total. The highest BCUT2D eigenvalue weighted by atomic mass is 16.5. The SMILES string of the molecule is CCOc1ccc(N[C@@H]2CCN(C3CC3)C2=O)cn1. The van der Waals surface area contributed by atoms with Crippen LogP contribution in [0.3, 0.4) is 0 Å². The molecule has 5 heteroatoms. The predicted octanol–water partition coefficient (Wildman–Crippen LogP) is 1.66. The second-order valence-corrected chi connectivity index (χ2v) is 5.07. The van der Waals surface area contributed by atoms with Crippen molar-refractivity contribution >= 4 is 11.6 Å². The fourth-order valence-corrected chi connectivity index (χ4v) is 2.48. The van der Waals surface area contributed by atoms with Crippen LogP contribution in [0.15, 0.2) is 18.3 Å². The zero-order valence-corrected chi connectivity index (χ0v) is 11.1. The molecule has 1 atom stereocenters. The number of ether oxygens (including phenoxy) is 1. The quantitative estimate of drug-likeness (QED) is 0.875. The molecular formula is C14H19N3O2. The highest BCUT2D eigenvalue weighted by Crippen LogP contribution is 2.31. The van der Waals surface area contributed by atoms with Crippen molar-refractivity contribution in [2.75, 3.05) is 18.5 Å². The Bertz CT molecular complexity index is 456. The second-order valence-electron chi connectivity index (χ2n) is 5.07. The lowest BCUT2D eigenvalue weighted by Crippen LogP contribution is -2.34. The van der Waals surface area contributed by atoms with Gasteiger partial charge in [-0.3, -0.25) is 4.79 Å². The van der Waals surface area contributed by atoms with E-state index in [-0.39, 0.29) is 11.9 Å². The number of hydrogen-bond donors (Lipinski definition) is 1. The summed E-state index contributed by atoms with van der Waals surface area (Å²) in [5.74, 6) is 0.849. The molecule has 1 saturated heterocycles. The number of carbonyl (C=O) groups excluding carboxylic acids is 1. The van der Waals surface area contributed by atoms with E-state index >= 15 is 0 Å². The van der Waals surface area contributed by atoms with E-state index in [1.807, 2.05) is 24.0 Å². The van der Waals surface area contributed by atoms with Gasteiger partial charge in [0.15, 0.2) is 0 Å². The number of amides is 1. The molecule has 3 rings (SSSR count). The first-order valence-electron chi connectivity index (χ1n) is 6.94. The number of likely N-dealkylation sites (tertiary alicyclic amines) is 1. The Labute approximate surface area is 113 Å². The molecule has 102 valence electrons. The summed E-state index contributed by atoms with van der Waals surface area (Å²) in [5.41, 5.74) is 0.874.